The van der Waals surface area contributed by atoms with Crippen molar-refractivity contribution in [1.82, 2.24) is 9.36 Å². The van der Waals surface area contributed by atoms with Crippen molar-refractivity contribution in [3.05, 3.63) is 90.5 Å². The summed E-state index contributed by atoms with van der Waals surface area (Å²) in [6, 6.07) is 25.7. The third-order valence-electron chi connectivity index (χ3n) is 4.76. The number of nitrogens with zero attached hydrogens (tertiary/aromatic N) is 3. The summed E-state index contributed by atoms with van der Waals surface area (Å²) in [5.41, 5.74) is 2.19. The standard InChI is InChI=1S/C25H21N3O3S/c1-2-22(29)18-13-15-21(16-14-18)31-17-23(30)28(20-11-7-4-8-12-20)25-26-24(27-32-25)19-9-5-3-6-10-19/h3-16H,2,17H2,1H3. The number of para-hydroxylation sites is 1. The van der Waals surface area contributed by atoms with Crippen LogP contribution < -0.4 is 9.64 Å². The molecular weight excluding hydrogens is 422 g/mol. The van der Waals surface area contributed by atoms with E-state index < -0.39 is 0 Å². The van der Waals surface area contributed by atoms with Gasteiger partial charge < -0.3 is 4.74 Å². The van der Waals surface area contributed by atoms with E-state index in [9.17, 15) is 9.59 Å². The van der Waals surface area contributed by atoms with Gasteiger partial charge in [-0.2, -0.15) is 9.36 Å². The molecule has 0 saturated heterocycles. The molecule has 0 N–H and O–H groups in total. The molecule has 0 unspecified atom stereocenters. The maximum absolute atomic E-state index is 13.2. The van der Waals surface area contributed by atoms with Crippen molar-refractivity contribution in [2.24, 2.45) is 0 Å². The van der Waals surface area contributed by atoms with Gasteiger partial charge in [-0.3, -0.25) is 14.5 Å². The third-order valence-corrected chi connectivity index (χ3v) is 5.46. The molecule has 0 spiro atoms. The van der Waals surface area contributed by atoms with E-state index in [1.54, 1.807) is 24.3 Å². The van der Waals surface area contributed by atoms with Gasteiger partial charge in [0, 0.05) is 29.1 Å². The van der Waals surface area contributed by atoms with Crippen molar-refractivity contribution >= 4 is 34.0 Å². The highest BCUT2D eigenvalue weighted by atomic mass is 32.1. The quantitative estimate of drug-likeness (QED) is 0.334. The average Bonchev–Trinajstić information content (AvgIpc) is 3.33. The Bertz CT molecular complexity index is 1190. The first kappa shape index (κ1) is 21.4. The Morgan fingerprint density at radius 3 is 2.22 bits per heavy atom. The van der Waals surface area contributed by atoms with Gasteiger partial charge in [-0.15, -0.1) is 0 Å². The molecule has 3 aromatic carbocycles. The second-order valence-electron chi connectivity index (χ2n) is 6.92. The van der Waals surface area contributed by atoms with E-state index in [1.165, 1.54) is 4.90 Å². The largest absolute Gasteiger partial charge is 0.484 e. The van der Waals surface area contributed by atoms with Gasteiger partial charge in [0.05, 0.1) is 5.69 Å². The van der Waals surface area contributed by atoms with Gasteiger partial charge in [0.15, 0.2) is 18.2 Å². The molecule has 1 aromatic heterocycles. The van der Waals surface area contributed by atoms with E-state index in [1.807, 2.05) is 67.6 Å². The molecule has 0 radical (unpaired) electrons. The predicted octanol–water partition coefficient (Wildman–Crippen LogP) is 5.54. The zero-order valence-electron chi connectivity index (χ0n) is 17.5. The number of Topliss-reactive ketones (excluding diaryl/α,β-unsaturated/α-hetero) is 1. The highest BCUT2D eigenvalue weighted by Crippen LogP contribution is 2.30. The van der Waals surface area contributed by atoms with E-state index in [2.05, 4.69) is 9.36 Å². The van der Waals surface area contributed by atoms with Crippen molar-refractivity contribution in [1.29, 1.82) is 0 Å². The SMILES string of the molecule is CCC(=O)c1ccc(OCC(=O)N(c2ccccc2)c2nc(-c3ccccc3)ns2)cc1. The number of anilines is 2. The Morgan fingerprint density at radius 1 is 0.906 bits per heavy atom. The lowest BCUT2D eigenvalue weighted by Crippen LogP contribution is -2.30. The molecular formula is C25H21N3O3S. The molecule has 4 rings (SSSR count). The van der Waals surface area contributed by atoms with Crippen molar-refractivity contribution in [3.8, 4) is 17.1 Å². The van der Waals surface area contributed by atoms with Crippen LogP contribution in [0.3, 0.4) is 0 Å². The van der Waals surface area contributed by atoms with Crippen molar-refractivity contribution < 1.29 is 14.3 Å². The van der Waals surface area contributed by atoms with Gasteiger partial charge in [-0.05, 0) is 36.4 Å². The number of ketones is 1. The van der Waals surface area contributed by atoms with Crippen LogP contribution in [0.15, 0.2) is 84.9 Å². The van der Waals surface area contributed by atoms with Crippen LogP contribution in [-0.4, -0.2) is 27.7 Å². The fourth-order valence-corrected chi connectivity index (χ4v) is 3.83. The molecule has 0 aliphatic rings. The highest BCUT2D eigenvalue weighted by molar-refractivity contribution is 7.10. The lowest BCUT2D eigenvalue weighted by molar-refractivity contribution is -0.119. The molecule has 1 amide bonds. The fraction of sp³-hybridized carbons (Fsp3) is 0.120. The van der Waals surface area contributed by atoms with Crippen LogP contribution in [0.25, 0.3) is 11.4 Å². The molecule has 6 nitrogen and oxygen atoms in total. The summed E-state index contributed by atoms with van der Waals surface area (Å²) in [5, 5.41) is 0.465. The van der Waals surface area contributed by atoms with Gasteiger partial charge >= 0.3 is 0 Å². The summed E-state index contributed by atoms with van der Waals surface area (Å²) in [4.78, 5) is 31.1. The predicted molar refractivity (Wildman–Crippen MR) is 125 cm³/mol. The molecule has 0 atom stereocenters. The molecule has 0 aliphatic carbocycles. The molecule has 0 fully saturated rings. The Balaban J connectivity index is 1.54. The maximum atomic E-state index is 13.2. The van der Waals surface area contributed by atoms with E-state index >= 15 is 0 Å². The number of aromatic nitrogens is 2. The number of ether oxygens (including phenoxy) is 1. The van der Waals surface area contributed by atoms with E-state index in [0.29, 0.717) is 34.4 Å². The molecule has 7 heteroatoms. The van der Waals surface area contributed by atoms with Gasteiger partial charge in [-0.1, -0.05) is 55.5 Å². The average molecular weight is 444 g/mol. The second-order valence-corrected chi connectivity index (χ2v) is 7.65. The molecule has 4 aromatic rings. The van der Waals surface area contributed by atoms with Crippen LogP contribution in [0.2, 0.25) is 0 Å². The van der Waals surface area contributed by atoms with Crippen LogP contribution >= 0.6 is 11.5 Å². The highest BCUT2D eigenvalue weighted by Gasteiger charge is 2.23. The van der Waals surface area contributed by atoms with E-state index in [4.69, 9.17) is 4.74 Å². The minimum atomic E-state index is -0.277. The number of hydrogen-bond acceptors (Lipinski definition) is 6. The summed E-state index contributed by atoms with van der Waals surface area (Å²) in [6.45, 7) is 1.64. The third kappa shape index (κ3) is 4.90. The Kier molecular flexibility index (Phi) is 6.67. The first-order chi connectivity index (χ1) is 15.7. The minimum Gasteiger partial charge on any atom is -0.484 e. The van der Waals surface area contributed by atoms with Gasteiger partial charge in [0.25, 0.3) is 5.91 Å². The minimum absolute atomic E-state index is 0.0633. The fourth-order valence-electron chi connectivity index (χ4n) is 3.10. The molecule has 0 aliphatic heterocycles. The Morgan fingerprint density at radius 2 is 1.56 bits per heavy atom. The number of rotatable bonds is 8. The van der Waals surface area contributed by atoms with Gasteiger partial charge in [-0.25, -0.2) is 0 Å². The van der Waals surface area contributed by atoms with Crippen LogP contribution in [0, 0.1) is 0 Å². The van der Waals surface area contributed by atoms with Crippen LogP contribution in [0.4, 0.5) is 10.8 Å². The lowest BCUT2D eigenvalue weighted by Gasteiger charge is -2.19. The summed E-state index contributed by atoms with van der Waals surface area (Å²) in [6.07, 6.45) is 0.442. The van der Waals surface area contributed by atoms with Crippen LogP contribution in [0.1, 0.15) is 23.7 Å². The second kappa shape index (κ2) is 9.98. The summed E-state index contributed by atoms with van der Waals surface area (Å²) >= 11 is 1.16. The number of hydrogen-bond donors (Lipinski definition) is 0. The zero-order chi connectivity index (χ0) is 22.3. The van der Waals surface area contributed by atoms with Crippen molar-refractivity contribution in [2.75, 3.05) is 11.5 Å². The number of amides is 1. The molecule has 32 heavy (non-hydrogen) atoms. The summed E-state index contributed by atoms with van der Waals surface area (Å²) < 4.78 is 10.1. The number of carbonyl (C=O) groups excluding carboxylic acids is 2. The van der Waals surface area contributed by atoms with Crippen LogP contribution in [-0.2, 0) is 4.79 Å². The lowest BCUT2D eigenvalue weighted by atomic mass is 10.1. The van der Waals surface area contributed by atoms with E-state index in [-0.39, 0.29) is 18.3 Å². The maximum Gasteiger partial charge on any atom is 0.271 e. The first-order valence-corrected chi connectivity index (χ1v) is 11.0. The Hall–Kier alpha value is -3.84. The molecule has 160 valence electrons. The summed E-state index contributed by atoms with van der Waals surface area (Å²) in [7, 11) is 0. The monoisotopic (exact) mass is 443 g/mol. The zero-order valence-corrected chi connectivity index (χ0v) is 18.3. The Labute approximate surface area is 190 Å². The topological polar surface area (TPSA) is 72.4 Å². The van der Waals surface area contributed by atoms with Gasteiger partial charge in [0.1, 0.15) is 5.75 Å². The van der Waals surface area contributed by atoms with Crippen LogP contribution in [0.5, 0.6) is 5.75 Å². The van der Waals surface area contributed by atoms with Gasteiger partial charge in [0.2, 0.25) is 5.13 Å². The molecule has 0 bridgehead atoms. The van der Waals surface area contributed by atoms with Crippen molar-refractivity contribution in [2.45, 2.75) is 13.3 Å². The smallest absolute Gasteiger partial charge is 0.271 e. The number of carbonyl (C=O) groups is 2. The number of benzene rings is 3. The first-order valence-electron chi connectivity index (χ1n) is 10.2. The van der Waals surface area contributed by atoms with E-state index in [0.717, 1.165) is 17.1 Å². The normalized spacial score (nSPS) is 10.5. The molecule has 1 heterocycles. The van der Waals surface area contributed by atoms with Crippen molar-refractivity contribution in [3.63, 3.8) is 0 Å². The summed E-state index contributed by atoms with van der Waals surface area (Å²) in [5.74, 6) is 0.867. The molecule has 0 saturated carbocycles.